The molecule has 5 rings (SSSR count). The summed E-state index contributed by atoms with van der Waals surface area (Å²) in [6, 6.07) is 18.2. The van der Waals surface area contributed by atoms with E-state index in [1.807, 2.05) is 55.6 Å². The Morgan fingerprint density at radius 2 is 0.987 bits per heavy atom. The molecular weight excluding hydrogens is 1070 g/mol. The summed E-state index contributed by atoms with van der Waals surface area (Å²) >= 11 is -0.736. The van der Waals surface area contributed by atoms with Gasteiger partial charge >= 0.3 is 394 Å². The Hall–Kier alpha value is -4.85. The summed E-state index contributed by atoms with van der Waals surface area (Å²) in [5.41, 5.74) is 0.785. The van der Waals surface area contributed by atoms with Crippen molar-refractivity contribution >= 4 is 69.5 Å². The number of carbonyl (C=O) groups is 7. The first-order valence-corrected chi connectivity index (χ1v) is 29.1. The monoisotopic (exact) mass is 1140 g/mol. The molecule has 0 bridgehead atoms. The molecule has 1 N–H and O–H groups in total. The van der Waals surface area contributed by atoms with Crippen molar-refractivity contribution in [2.45, 2.75) is 185 Å². The number of aliphatic hydroxyl groups excluding tert-OH is 1. The van der Waals surface area contributed by atoms with E-state index in [1.54, 1.807) is 18.2 Å². The maximum atomic E-state index is 13.0. The van der Waals surface area contributed by atoms with Gasteiger partial charge in [0.05, 0.1) is 0 Å². The van der Waals surface area contributed by atoms with E-state index in [0.717, 1.165) is 51.6 Å². The first-order valence-electron chi connectivity index (χ1n) is 24.3. The van der Waals surface area contributed by atoms with Crippen LogP contribution in [0.4, 0.5) is 0 Å². The van der Waals surface area contributed by atoms with Crippen LogP contribution in [-0.4, -0.2) is 181 Å². The van der Waals surface area contributed by atoms with Crippen LogP contribution in [0.2, 0.25) is 18.1 Å². The molecule has 3 saturated heterocycles. The van der Waals surface area contributed by atoms with Gasteiger partial charge in [-0.25, -0.2) is 0 Å². The van der Waals surface area contributed by atoms with Gasteiger partial charge < -0.3 is 0 Å². The summed E-state index contributed by atoms with van der Waals surface area (Å²) in [5.74, 6) is -5.75. The minimum absolute atomic E-state index is 0.0403. The van der Waals surface area contributed by atoms with Crippen LogP contribution in [-0.2, 0) is 106 Å². The van der Waals surface area contributed by atoms with Gasteiger partial charge in [0.25, 0.3) is 0 Å². The van der Waals surface area contributed by atoms with Crippen molar-refractivity contribution in [1.82, 2.24) is 0 Å². The zero-order chi connectivity index (χ0) is 55.4. The molecule has 75 heavy (non-hydrogen) atoms. The Labute approximate surface area is 443 Å². The average Bonchev–Trinajstić information content (AvgIpc) is 3.31. The van der Waals surface area contributed by atoms with Crippen molar-refractivity contribution in [2.24, 2.45) is 0 Å². The molecule has 0 spiro atoms. The van der Waals surface area contributed by atoms with Crippen LogP contribution in [0.1, 0.15) is 74.8 Å². The number of esters is 7. The number of hydrogen-bond donors (Lipinski definition) is 1. The summed E-state index contributed by atoms with van der Waals surface area (Å²) in [7, 11) is -2.49. The molecule has 3 heterocycles. The number of aliphatic hydroxyl groups is 1. The van der Waals surface area contributed by atoms with Crippen LogP contribution in [0, 0.1) is 0 Å². The molecule has 0 amide bonds. The van der Waals surface area contributed by atoms with E-state index in [0.29, 0.717) is 0 Å². The van der Waals surface area contributed by atoms with Gasteiger partial charge in [-0.05, 0) is 0 Å². The summed E-state index contributed by atoms with van der Waals surface area (Å²) in [6.07, 6.45) is -21.0. The number of rotatable bonds is 21. The van der Waals surface area contributed by atoms with Gasteiger partial charge in [0.2, 0.25) is 0 Å². The SMILES string of the molecule is CC(=O)OC[C@H]1O[C@@H](O[C@H]2[C@H](O)[C@@H](CO[C@@H]3O[C@H](CO[Si](C)(C)C(C)(C)C)[C@@H](OCc4ccccc4)[C@H](OC(C)=O)[C@H]3OC(C)=O)O[C@@H]([Se]c3ccccc3)[C@@H]2OC(C)=O)[C@H](OC(C)=O)[C@@H](OC(C)=O)[C@@H]1OC(C)=O. The van der Waals surface area contributed by atoms with Gasteiger partial charge in [-0.3, -0.25) is 0 Å². The zero-order valence-electron chi connectivity index (χ0n) is 44.2. The molecule has 3 aliphatic rings. The van der Waals surface area contributed by atoms with Crippen LogP contribution < -0.4 is 4.46 Å². The average molecular weight is 1140 g/mol. The number of benzene rings is 2. The predicted molar refractivity (Wildman–Crippen MR) is 263 cm³/mol. The first-order chi connectivity index (χ1) is 35.2. The van der Waals surface area contributed by atoms with Crippen LogP contribution in [0.15, 0.2) is 60.7 Å². The second kappa shape index (κ2) is 27.5. The van der Waals surface area contributed by atoms with Crippen molar-refractivity contribution in [3.05, 3.63) is 66.2 Å². The Kier molecular flexibility index (Phi) is 22.3. The quantitative estimate of drug-likeness (QED) is 0.107. The standard InChI is InChI=1S/C51H70O22SeSi/c1-27(52)60-25-37-41(64-28(2)53)44(66-30(4)55)46(68-32(6)57)49(71-37)73-42-39(59)36(72-50(47(42)69-33(7)58)74-35-21-17-14-18-22-35)24-62-48-45(67-31(5)56)43(65-29(3)54)40(61-23-34-19-15-13-16-20-34)38(70-48)26-63-75(11,12)51(8,9)10/h13-22,36-50,59H,23-26H2,1-12H3/t36-,37-,38-,39-,40-,41-,42+,43+,44+,45-,46-,47-,48-,49+,50+/m1/s1. The molecule has 2 aromatic carbocycles. The third kappa shape index (κ3) is 17.6. The summed E-state index contributed by atoms with van der Waals surface area (Å²) in [4.78, 5) is 88.9. The number of ether oxygens (including phenoxy) is 13. The second-order valence-corrected chi connectivity index (χ2v) is 26.8. The van der Waals surface area contributed by atoms with Gasteiger partial charge in [-0.15, -0.1) is 0 Å². The second-order valence-electron chi connectivity index (χ2n) is 19.6. The van der Waals surface area contributed by atoms with Gasteiger partial charge in [0.1, 0.15) is 0 Å². The van der Waals surface area contributed by atoms with E-state index >= 15 is 0 Å². The molecular formula is C51H70O22SeSi. The van der Waals surface area contributed by atoms with Crippen molar-refractivity contribution in [3.63, 3.8) is 0 Å². The molecule has 2 aromatic rings. The minimum atomic E-state index is -2.49. The number of carbonyl (C=O) groups excluding carboxylic acids is 7. The summed E-state index contributed by atoms with van der Waals surface area (Å²) < 4.78 is 86.1. The Morgan fingerprint density at radius 3 is 1.52 bits per heavy atom. The van der Waals surface area contributed by atoms with Crippen molar-refractivity contribution in [3.8, 4) is 0 Å². The van der Waals surface area contributed by atoms with Gasteiger partial charge in [-0.1, -0.05) is 51.1 Å². The van der Waals surface area contributed by atoms with Crippen LogP contribution in [0.5, 0.6) is 0 Å². The Morgan fingerprint density at radius 1 is 0.520 bits per heavy atom. The van der Waals surface area contributed by atoms with E-state index in [1.165, 1.54) is 6.92 Å². The van der Waals surface area contributed by atoms with Gasteiger partial charge in [-0.2, -0.15) is 0 Å². The van der Waals surface area contributed by atoms with Gasteiger partial charge in [0.15, 0.2) is 0 Å². The molecule has 416 valence electrons. The fraction of sp³-hybridized carbons (Fsp3) is 0.627. The summed E-state index contributed by atoms with van der Waals surface area (Å²) in [5, 5.41) is 11.2. The molecule has 0 aromatic heterocycles. The van der Waals surface area contributed by atoms with E-state index in [2.05, 4.69) is 20.8 Å². The third-order valence-corrected chi connectivity index (χ3v) is 19.4. The van der Waals surface area contributed by atoms with Crippen molar-refractivity contribution in [1.29, 1.82) is 0 Å². The molecule has 22 nitrogen and oxygen atoms in total. The fourth-order valence-corrected chi connectivity index (χ4v) is 11.5. The number of hydrogen-bond acceptors (Lipinski definition) is 22. The molecule has 3 aliphatic heterocycles. The molecule has 0 unspecified atom stereocenters. The molecule has 0 radical (unpaired) electrons. The van der Waals surface area contributed by atoms with E-state index in [9.17, 15) is 38.7 Å². The van der Waals surface area contributed by atoms with E-state index in [4.69, 9.17) is 66.0 Å². The first kappa shape index (κ1) is 61.0. The fourth-order valence-electron chi connectivity index (χ4n) is 8.14. The van der Waals surface area contributed by atoms with Crippen molar-refractivity contribution in [2.75, 3.05) is 19.8 Å². The molecule has 24 heteroatoms. The van der Waals surface area contributed by atoms with E-state index < -0.39 is 169 Å². The Bertz CT molecular complexity index is 2250. The van der Waals surface area contributed by atoms with Crippen LogP contribution >= 0.6 is 0 Å². The topological polar surface area (TPSA) is 269 Å². The molecule has 3 fully saturated rings. The Balaban J connectivity index is 1.58. The van der Waals surface area contributed by atoms with E-state index in [-0.39, 0.29) is 18.3 Å². The maximum absolute atomic E-state index is 13.0. The zero-order valence-corrected chi connectivity index (χ0v) is 46.9. The normalized spacial score (nSPS) is 30.0. The van der Waals surface area contributed by atoms with Crippen molar-refractivity contribution < 1.29 is 105 Å². The summed E-state index contributed by atoms with van der Waals surface area (Å²) in [6.45, 7) is 16.9. The predicted octanol–water partition coefficient (Wildman–Crippen LogP) is 2.71. The molecule has 15 atom stereocenters. The van der Waals surface area contributed by atoms with Gasteiger partial charge in [0, 0.05) is 0 Å². The molecule has 0 aliphatic carbocycles. The third-order valence-electron chi connectivity index (χ3n) is 12.5. The van der Waals surface area contributed by atoms with Crippen LogP contribution in [0.25, 0.3) is 0 Å². The van der Waals surface area contributed by atoms with Crippen LogP contribution in [0.3, 0.4) is 0 Å². The molecule has 0 saturated carbocycles.